The summed E-state index contributed by atoms with van der Waals surface area (Å²) < 4.78 is 0. The van der Waals surface area contributed by atoms with E-state index >= 15 is 0 Å². The van der Waals surface area contributed by atoms with Gasteiger partial charge in [-0.05, 0) is 24.3 Å². The second-order valence-corrected chi connectivity index (χ2v) is 3.26. The van der Waals surface area contributed by atoms with Crippen LogP contribution in [0.3, 0.4) is 0 Å². The van der Waals surface area contributed by atoms with Gasteiger partial charge in [-0.15, -0.1) is 0 Å². The molecule has 2 N–H and O–H groups in total. The maximum atomic E-state index is 11.6. The summed E-state index contributed by atoms with van der Waals surface area (Å²) in [6, 6.07) is 9.11. The summed E-state index contributed by atoms with van der Waals surface area (Å²) in [4.78, 5) is 17.9. The van der Waals surface area contributed by atoms with Crippen LogP contribution in [0.4, 0.5) is 0 Å². The largest absolute Gasteiger partial charge is 0.359 e. The van der Waals surface area contributed by atoms with Crippen molar-refractivity contribution in [3.63, 3.8) is 0 Å². The molecule has 2 aromatic heterocycles. The molecule has 0 spiro atoms. The van der Waals surface area contributed by atoms with E-state index in [9.17, 15) is 4.79 Å². The Labute approximate surface area is 79.4 Å². The van der Waals surface area contributed by atoms with E-state index < -0.39 is 0 Å². The van der Waals surface area contributed by atoms with Gasteiger partial charge in [0.25, 0.3) is 0 Å². The smallest absolute Gasteiger partial charge is 0.190 e. The Kier molecular flexibility index (Phi) is 1.31. The fourth-order valence-electron chi connectivity index (χ4n) is 1.79. The summed E-state index contributed by atoms with van der Waals surface area (Å²) in [5.74, 6) is 0. The second kappa shape index (κ2) is 2.48. The summed E-state index contributed by atoms with van der Waals surface area (Å²) in [6.45, 7) is 0. The lowest BCUT2D eigenvalue weighted by Gasteiger charge is -1.88. The molecule has 14 heavy (non-hydrogen) atoms. The third kappa shape index (κ3) is 0.836. The van der Waals surface area contributed by atoms with Gasteiger partial charge < -0.3 is 9.97 Å². The topological polar surface area (TPSA) is 48.6 Å². The minimum absolute atomic E-state index is 0.0520. The van der Waals surface area contributed by atoms with Crippen molar-refractivity contribution < 1.29 is 0 Å². The first-order chi connectivity index (χ1) is 6.86. The Morgan fingerprint density at radius 2 is 1.86 bits per heavy atom. The van der Waals surface area contributed by atoms with Gasteiger partial charge in [-0.25, -0.2) is 0 Å². The minimum atomic E-state index is 0.0520. The van der Waals surface area contributed by atoms with E-state index in [1.165, 1.54) is 0 Å². The third-order valence-corrected chi connectivity index (χ3v) is 2.40. The number of aromatic amines is 2. The number of nitrogens with one attached hydrogen (secondary N) is 2. The average molecular weight is 184 g/mol. The first kappa shape index (κ1) is 7.38. The predicted octanol–water partition coefficient (Wildman–Crippen LogP) is 2.01. The predicted molar refractivity (Wildman–Crippen MR) is 56.4 cm³/mol. The number of pyridine rings is 1. The van der Waals surface area contributed by atoms with Crippen LogP contribution in [0.5, 0.6) is 0 Å². The summed E-state index contributed by atoms with van der Waals surface area (Å²) in [7, 11) is 0. The molecular formula is C11H8N2O. The van der Waals surface area contributed by atoms with Crippen LogP contribution >= 0.6 is 0 Å². The zero-order valence-electron chi connectivity index (χ0n) is 7.37. The van der Waals surface area contributed by atoms with Crippen LogP contribution < -0.4 is 5.43 Å². The molecule has 0 aliphatic heterocycles. The van der Waals surface area contributed by atoms with Gasteiger partial charge in [0.1, 0.15) is 0 Å². The van der Waals surface area contributed by atoms with Crippen LogP contribution in [0.25, 0.3) is 21.9 Å². The molecule has 0 amide bonds. The quantitative estimate of drug-likeness (QED) is 0.551. The van der Waals surface area contributed by atoms with Crippen molar-refractivity contribution >= 4 is 21.9 Å². The van der Waals surface area contributed by atoms with E-state index in [1.54, 1.807) is 12.1 Å². The zero-order valence-corrected chi connectivity index (χ0v) is 7.37. The molecule has 2 heterocycles. The van der Waals surface area contributed by atoms with E-state index in [-0.39, 0.29) is 5.43 Å². The highest BCUT2D eigenvalue weighted by molar-refractivity contribution is 6.04. The van der Waals surface area contributed by atoms with Crippen LogP contribution in [0, 0.1) is 0 Å². The standard InChI is InChI=1S/C11H8N2O/c14-9-5-1-3-7-10(9)11-8(13-7)4-2-6-12-11/h1-6,12-13H. The number of fused-ring (bicyclic) bond motifs is 3. The van der Waals surface area contributed by atoms with Crippen molar-refractivity contribution in [3.05, 3.63) is 46.8 Å². The molecule has 0 atom stereocenters. The lowest BCUT2D eigenvalue weighted by Crippen LogP contribution is -1.96. The monoisotopic (exact) mass is 184 g/mol. The van der Waals surface area contributed by atoms with Gasteiger partial charge in [-0.2, -0.15) is 0 Å². The van der Waals surface area contributed by atoms with Crippen molar-refractivity contribution in [2.45, 2.75) is 0 Å². The Balaban J connectivity index is 2.73. The molecule has 0 radical (unpaired) electrons. The average Bonchev–Trinajstić information content (AvgIpc) is 2.57. The van der Waals surface area contributed by atoms with Crippen LogP contribution in [0.1, 0.15) is 0 Å². The van der Waals surface area contributed by atoms with Gasteiger partial charge in [-0.3, -0.25) is 4.79 Å². The van der Waals surface area contributed by atoms with E-state index in [0.717, 1.165) is 21.9 Å². The number of aromatic nitrogens is 2. The minimum Gasteiger partial charge on any atom is -0.359 e. The zero-order chi connectivity index (χ0) is 9.54. The maximum absolute atomic E-state index is 11.6. The normalized spacial score (nSPS) is 11.1. The highest BCUT2D eigenvalue weighted by Gasteiger charge is 2.05. The lowest BCUT2D eigenvalue weighted by atomic mass is 10.2. The Morgan fingerprint density at radius 3 is 2.79 bits per heavy atom. The molecule has 3 aromatic rings. The fourth-order valence-corrected chi connectivity index (χ4v) is 1.79. The summed E-state index contributed by atoms with van der Waals surface area (Å²) in [5.41, 5.74) is 2.78. The van der Waals surface area contributed by atoms with Gasteiger partial charge >= 0.3 is 0 Å². The molecule has 3 nitrogen and oxygen atoms in total. The lowest BCUT2D eigenvalue weighted by molar-refractivity contribution is 1.41. The molecule has 0 fully saturated rings. The first-order valence-corrected chi connectivity index (χ1v) is 4.44. The van der Waals surface area contributed by atoms with Crippen molar-refractivity contribution in [1.82, 2.24) is 9.97 Å². The Hall–Kier alpha value is -2.03. The molecule has 0 aliphatic carbocycles. The summed E-state index contributed by atoms with van der Waals surface area (Å²) in [5, 5.41) is 0.739. The number of rotatable bonds is 0. The molecule has 0 saturated heterocycles. The number of benzene rings is 1. The van der Waals surface area contributed by atoms with Crippen LogP contribution in [0.15, 0.2) is 41.3 Å². The highest BCUT2D eigenvalue weighted by Crippen LogP contribution is 2.19. The Bertz CT molecular complexity index is 663. The number of hydrogen-bond donors (Lipinski definition) is 2. The number of hydrogen-bond acceptors (Lipinski definition) is 1. The molecular weight excluding hydrogens is 176 g/mol. The van der Waals surface area contributed by atoms with Crippen molar-refractivity contribution in [3.8, 4) is 0 Å². The van der Waals surface area contributed by atoms with Gasteiger partial charge in [-0.1, -0.05) is 6.07 Å². The van der Waals surface area contributed by atoms with E-state index in [4.69, 9.17) is 0 Å². The Morgan fingerprint density at radius 1 is 1.00 bits per heavy atom. The van der Waals surface area contributed by atoms with Gasteiger partial charge in [0.05, 0.1) is 21.9 Å². The van der Waals surface area contributed by atoms with Crippen LogP contribution in [0.2, 0.25) is 0 Å². The van der Waals surface area contributed by atoms with Gasteiger partial charge in [0.2, 0.25) is 0 Å². The highest BCUT2D eigenvalue weighted by atomic mass is 16.1. The molecule has 0 aliphatic rings. The van der Waals surface area contributed by atoms with Crippen molar-refractivity contribution in [1.29, 1.82) is 0 Å². The van der Waals surface area contributed by atoms with Gasteiger partial charge in [0.15, 0.2) is 5.43 Å². The second-order valence-electron chi connectivity index (χ2n) is 3.26. The van der Waals surface area contributed by atoms with Crippen molar-refractivity contribution in [2.24, 2.45) is 0 Å². The van der Waals surface area contributed by atoms with E-state index in [2.05, 4.69) is 9.97 Å². The molecule has 0 unspecified atom stereocenters. The molecule has 0 bridgehead atoms. The first-order valence-electron chi connectivity index (χ1n) is 4.44. The third-order valence-electron chi connectivity index (χ3n) is 2.40. The van der Waals surface area contributed by atoms with Crippen LogP contribution in [-0.4, -0.2) is 9.97 Å². The van der Waals surface area contributed by atoms with Gasteiger partial charge in [0, 0.05) is 6.20 Å². The van der Waals surface area contributed by atoms with E-state index in [1.807, 2.05) is 24.4 Å². The molecule has 3 heteroatoms. The summed E-state index contributed by atoms with van der Waals surface area (Å²) in [6.07, 6.45) is 1.82. The summed E-state index contributed by atoms with van der Waals surface area (Å²) >= 11 is 0. The SMILES string of the molecule is O=c1cccc2[nH]c3ccc[nH]c3c12. The molecule has 0 saturated carbocycles. The molecule has 1 aromatic carbocycles. The van der Waals surface area contributed by atoms with E-state index in [0.29, 0.717) is 0 Å². The van der Waals surface area contributed by atoms with Crippen molar-refractivity contribution in [2.75, 3.05) is 0 Å². The molecule has 3 rings (SSSR count). The number of H-pyrrole nitrogens is 2. The maximum Gasteiger partial charge on any atom is 0.190 e. The van der Waals surface area contributed by atoms with Crippen LogP contribution in [-0.2, 0) is 0 Å². The fraction of sp³-hybridized carbons (Fsp3) is 0. The molecule has 68 valence electrons.